The van der Waals surface area contributed by atoms with Crippen LogP contribution >= 0.6 is 0 Å². The third-order valence-corrected chi connectivity index (χ3v) is 7.75. The monoisotopic (exact) mass is 450 g/mol. The van der Waals surface area contributed by atoms with Gasteiger partial charge in [-0.3, -0.25) is 9.59 Å². The maximum Gasteiger partial charge on any atom is 0.311 e. The number of carbonyl (C=O) groups is 2. The molecule has 2 atom stereocenters. The molecule has 2 N–H and O–H groups in total. The smallest absolute Gasteiger partial charge is 0.311 e. The molecule has 0 bridgehead atoms. The summed E-state index contributed by atoms with van der Waals surface area (Å²) in [4.78, 5) is 24.8. The topological polar surface area (TPSA) is 74.6 Å². The first-order valence-corrected chi connectivity index (χ1v) is 13.6. The summed E-state index contributed by atoms with van der Waals surface area (Å²) in [5.74, 6) is -1.85. The number of unbranched alkanes of at least 4 members (excludes halogenated alkanes) is 14. The minimum atomic E-state index is -1.17. The fraction of sp³-hybridized carbons (Fsp3) is 0.857. The lowest BCUT2D eigenvalue weighted by molar-refractivity contribution is -0.177. The quantitative estimate of drug-likeness (QED) is 0.144. The van der Waals surface area contributed by atoms with Gasteiger partial charge in [-0.15, -0.1) is 0 Å². The highest BCUT2D eigenvalue weighted by molar-refractivity contribution is 5.87. The Kier molecular flexibility index (Phi) is 14.6. The van der Waals surface area contributed by atoms with Gasteiger partial charge in [0.25, 0.3) is 0 Å². The third-order valence-electron chi connectivity index (χ3n) is 7.75. The Hall–Kier alpha value is -1.32. The van der Waals surface area contributed by atoms with Crippen molar-refractivity contribution in [2.45, 2.75) is 142 Å². The average Bonchev–Trinajstić information content (AvgIpc) is 2.78. The molecule has 0 aromatic rings. The fourth-order valence-electron chi connectivity index (χ4n) is 5.54. The van der Waals surface area contributed by atoms with Gasteiger partial charge in [-0.1, -0.05) is 129 Å². The van der Waals surface area contributed by atoms with Gasteiger partial charge in [0, 0.05) is 0 Å². The first-order chi connectivity index (χ1) is 15.5. The molecule has 32 heavy (non-hydrogen) atoms. The van der Waals surface area contributed by atoms with E-state index in [1.54, 1.807) is 0 Å². The first-order valence-electron chi connectivity index (χ1n) is 13.6. The van der Waals surface area contributed by atoms with E-state index in [4.69, 9.17) is 0 Å². The second-order valence-corrected chi connectivity index (χ2v) is 10.1. The molecule has 1 rings (SSSR count). The van der Waals surface area contributed by atoms with E-state index in [1.165, 1.54) is 70.6 Å². The third kappa shape index (κ3) is 8.56. The molecule has 0 spiro atoms. The van der Waals surface area contributed by atoms with Crippen molar-refractivity contribution in [3.05, 3.63) is 12.2 Å². The van der Waals surface area contributed by atoms with E-state index in [2.05, 4.69) is 6.92 Å². The van der Waals surface area contributed by atoms with E-state index in [0.717, 1.165) is 32.1 Å². The zero-order chi connectivity index (χ0) is 23.7. The van der Waals surface area contributed by atoms with Crippen LogP contribution in [0.5, 0.6) is 0 Å². The summed E-state index contributed by atoms with van der Waals surface area (Å²) < 4.78 is 0. The molecule has 0 aliphatic heterocycles. The van der Waals surface area contributed by atoms with E-state index in [1.807, 2.05) is 19.1 Å². The molecule has 0 heterocycles. The summed E-state index contributed by atoms with van der Waals surface area (Å²) in [6, 6.07) is 0. The molecule has 4 heteroatoms. The molecule has 4 nitrogen and oxygen atoms in total. The molecular weight excluding hydrogens is 400 g/mol. The fourth-order valence-corrected chi connectivity index (χ4v) is 5.54. The van der Waals surface area contributed by atoms with Crippen LogP contribution in [0, 0.1) is 10.8 Å². The molecule has 0 aromatic heterocycles. The van der Waals surface area contributed by atoms with Gasteiger partial charge in [-0.05, 0) is 25.7 Å². The second-order valence-electron chi connectivity index (χ2n) is 10.1. The summed E-state index contributed by atoms with van der Waals surface area (Å²) in [5, 5.41) is 20.3. The number of hydrogen-bond acceptors (Lipinski definition) is 2. The van der Waals surface area contributed by atoms with E-state index in [0.29, 0.717) is 25.7 Å². The lowest BCUT2D eigenvalue weighted by atomic mass is 9.54. The summed E-state index contributed by atoms with van der Waals surface area (Å²) in [7, 11) is 0. The van der Waals surface area contributed by atoms with Gasteiger partial charge in [0.05, 0.1) is 10.8 Å². The highest BCUT2D eigenvalue weighted by Crippen LogP contribution is 2.55. The summed E-state index contributed by atoms with van der Waals surface area (Å²) >= 11 is 0. The molecule has 0 amide bonds. The van der Waals surface area contributed by atoms with Crippen molar-refractivity contribution in [1.82, 2.24) is 0 Å². The maximum absolute atomic E-state index is 12.4. The standard InChI is InChI=1S/C28H50O4/c1-3-5-7-8-9-10-11-12-13-14-15-16-17-18-22-28(26(31)32)24-20-19-23-27(28,25(29)30)21-6-4-2/h19-20H,3-18,21-24H2,1-2H3,(H,29,30)(H,31,32). The van der Waals surface area contributed by atoms with Gasteiger partial charge in [0.2, 0.25) is 0 Å². The molecular formula is C28H50O4. The molecule has 0 saturated carbocycles. The number of carboxylic acids is 2. The van der Waals surface area contributed by atoms with Crippen LogP contribution in [0.1, 0.15) is 142 Å². The van der Waals surface area contributed by atoms with Crippen LogP contribution in [0.25, 0.3) is 0 Å². The second kappa shape index (κ2) is 16.3. The van der Waals surface area contributed by atoms with Crippen molar-refractivity contribution >= 4 is 11.9 Å². The Morgan fingerprint density at radius 3 is 1.22 bits per heavy atom. The zero-order valence-electron chi connectivity index (χ0n) is 21.0. The molecule has 0 saturated heterocycles. The molecule has 1 aliphatic carbocycles. The van der Waals surface area contributed by atoms with Gasteiger partial charge in [0.15, 0.2) is 0 Å². The number of carboxylic acid groups (broad SMARTS) is 2. The van der Waals surface area contributed by atoms with Gasteiger partial charge in [0.1, 0.15) is 0 Å². The van der Waals surface area contributed by atoms with Crippen LogP contribution in [0.4, 0.5) is 0 Å². The SMILES string of the molecule is CCCCCCCCCCCCCCCCC1(C(=O)O)CC=CCC1(CCCC)C(=O)O. The molecule has 186 valence electrons. The lowest BCUT2D eigenvalue weighted by Crippen LogP contribution is -2.53. The number of aliphatic carboxylic acids is 2. The van der Waals surface area contributed by atoms with Crippen LogP contribution in [-0.2, 0) is 9.59 Å². The van der Waals surface area contributed by atoms with E-state index in [9.17, 15) is 19.8 Å². The van der Waals surface area contributed by atoms with E-state index in [-0.39, 0.29) is 0 Å². The van der Waals surface area contributed by atoms with Crippen molar-refractivity contribution < 1.29 is 19.8 Å². The van der Waals surface area contributed by atoms with Gasteiger partial charge >= 0.3 is 11.9 Å². The number of allylic oxidation sites excluding steroid dienone is 2. The Morgan fingerprint density at radius 2 is 0.875 bits per heavy atom. The van der Waals surface area contributed by atoms with Gasteiger partial charge in [-0.25, -0.2) is 0 Å². The Labute approximate surface area is 197 Å². The van der Waals surface area contributed by atoms with Gasteiger partial charge < -0.3 is 10.2 Å². The predicted octanol–water partition coefficient (Wildman–Crippen LogP) is 8.54. The highest BCUT2D eigenvalue weighted by atomic mass is 16.4. The van der Waals surface area contributed by atoms with E-state index < -0.39 is 22.8 Å². The predicted molar refractivity (Wildman–Crippen MR) is 133 cm³/mol. The van der Waals surface area contributed by atoms with Crippen molar-refractivity contribution in [1.29, 1.82) is 0 Å². The van der Waals surface area contributed by atoms with Crippen LogP contribution in [-0.4, -0.2) is 22.2 Å². The Bertz CT molecular complexity index is 556. The van der Waals surface area contributed by atoms with Crippen molar-refractivity contribution in [2.75, 3.05) is 0 Å². The minimum Gasteiger partial charge on any atom is -0.481 e. The van der Waals surface area contributed by atoms with Crippen LogP contribution < -0.4 is 0 Å². The summed E-state index contributed by atoms with van der Waals surface area (Å²) in [6.45, 7) is 4.29. The first kappa shape index (κ1) is 28.7. The van der Waals surface area contributed by atoms with Crippen LogP contribution in [0.2, 0.25) is 0 Å². The van der Waals surface area contributed by atoms with Crippen molar-refractivity contribution in [2.24, 2.45) is 10.8 Å². The Morgan fingerprint density at radius 1 is 0.562 bits per heavy atom. The van der Waals surface area contributed by atoms with E-state index >= 15 is 0 Å². The zero-order valence-corrected chi connectivity index (χ0v) is 21.0. The largest absolute Gasteiger partial charge is 0.481 e. The van der Waals surface area contributed by atoms with Crippen LogP contribution in [0.3, 0.4) is 0 Å². The lowest BCUT2D eigenvalue weighted by Gasteiger charge is -2.46. The number of hydrogen-bond donors (Lipinski definition) is 2. The number of rotatable bonds is 20. The molecule has 2 unspecified atom stereocenters. The molecule has 0 aromatic carbocycles. The molecule has 0 fully saturated rings. The normalized spacial score (nSPS) is 22.8. The molecule has 1 aliphatic rings. The van der Waals surface area contributed by atoms with Crippen LogP contribution in [0.15, 0.2) is 12.2 Å². The average molecular weight is 451 g/mol. The summed E-state index contributed by atoms with van der Waals surface area (Å²) in [6.07, 6.45) is 24.6. The summed E-state index contributed by atoms with van der Waals surface area (Å²) in [5.41, 5.74) is -2.33. The van der Waals surface area contributed by atoms with Crippen molar-refractivity contribution in [3.8, 4) is 0 Å². The van der Waals surface area contributed by atoms with Crippen molar-refractivity contribution in [3.63, 3.8) is 0 Å². The highest BCUT2D eigenvalue weighted by Gasteiger charge is 2.60. The molecule has 0 radical (unpaired) electrons. The minimum absolute atomic E-state index is 0.341. The van der Waals surface area contributed by atoms with Gasteiger partial charge in [-0.2, -0.15) is 0 Å². The maximum atomic E-state index is 12.4. The Balaban J connectivity index is 2.35.